The van der Waals surface area contributed by atoms with E-state index in [2.05, 4.69) is 22.3 Å². The predicted molar refractivity (Wildman–Crippen MR) is 97.0 cm³/mol. The molecule has 0 spiro atoms. The second kappa shape index (κ2) is 10.2. The average molecular weight is 347 g/mol. The molecule has 1 heterocycles. The second-order valence-corrected chi connectivity index (χ2v) is 6.21. The number of hydrogen-bond donors (Lipinski definition) is 1. The topological polar surface area (TPSA) is 61.9 Å². The van der Waals surface area contributed by atoms with E-state index < -0.39 is 6.10 Å². The van der Waals surface area contributed by atoms with E-state index in [1.165, 1.54) is 5.56 Å². The number of amides is 2. The Hall–Kier alpha value is -1.92. The monoisotopic (exact) mass is 347 g/mol. The van der Waals surface area contributed by atoms with Crippen LogP contribution in [0.5, 0.6) is 0 Å². The smallest absolute Gasteiger partial charge is 0.249 e. The quantitative estimate of drug-likeness (QED) is 0.769. The van der Waals surface area contributed by atoms with Gasteiger partial charge in [0.05, 0.1) is 6.54 Å². The Bertz CT molecular complexity index is 542. The maximum Gasteiger partial charge on any atom is 0.249 e. The molecule has 2 amide bonds. The van der Waals surface area contributed by atoms with E-state index in [1.54, 1.807) is 0 Å². The van der Waals surface area contributed by atoms with Gasteiger partial charge in [0.15, 0.2) is 0 Å². The Morgan fingerprint density at radius 3 is 2.40 bits per heavy atom. The van der Waals surface area contributed by atoms with Crippen molar-refractivity contribution in [2.75, 3.05) is 39.3 Å². The van der Waals surface area contributed by atoms with Crippen LogP contribution in [0.15, 0.2) is 30.3 Å². The first-order valence-corrected chi connectivity index (χ1v) is 9.07. The van der Waals surface area contributed by atoms with Crippen molar-refractivity contribution in [3.05, 3.63) is 35.9 Å². The zero-order valence-corrected chi connectivity index (χ0v) is 15.2. The predicted octanol–water partition coefficient (Wildman–Crippen LogP) is 1.26. The third-order valence-corrected chi connectivity index (χ3v) is 4.42. The molecule has 1 aromatic carbocycles. The van der Waals surface area contributed by atoms with Crippen LogP contribution >= 0.6 is 0 Å². The number of carbonyl (C=O) groups excluding carboxylic acids is 2. The van der Waals surface area contributed by atoms with Gasteiger partial charge in [0, 0.05) is 39.3 Å². The molecule has 0 saturated carbocycles. The third kappa shape index (κ3) is 6.14. The Labute approximate surface area is 150 Å². The molecular weight excluding hydrogens is 318 g/mol. The normalized spacial score (nSPS) is 16.5. The summed E-state index contributed by atoms with van der Waals surface area (Å²) in [5.41, 5.74) is 1.29. The van der Waals surface area contributed by atoms with Crippen LogP contribution in [-0.4, -0.2) is 67.0 Å². The number of carbonyl (C=O) groups is 2. The van der Waals surface area contributed by atoms with E-state index in [4.69, 9.17) is 4.74 Å². The van der Waals surface area contributed by atoms with Crippen molar-refractivity contribution in [1.29, 1.82) is 0 Å². The Morgan fingerprint density at radius 2 is 1.80 bits per heavy atom. The van der Waals surface area contributed by atoms with Gasteiger partial charge in [0.25, 0.3) is 0 Å². The fourth-order valence-corrected chi connectivity index (χ4v) is 2.97. The number of ether oxygens (including phenoxy) is 1. The van der Waals surface area contributed by atoms with Crippen LogP contribution in [0, 0.1) is 0 Å². The summed E-state index contributed by atoms with van der Waals surface area (Å²) in [6.45, 7) is 8.30. The highest BCUT2D eigenvalue weighted by atomic mass is 16.5. The van der Waals surface area contributed by atoms with Crippen molar-refractivity contribution in [3.63, 3.8) is 0 Å². The molecule has 0 radical (unpaired) electrons. The van der Waals surface area contributed by atoms with Gasteiger partial charge in [-0.25, -0.2) is 0 Å². The summed E-state index contributed by atoms with van der Waals surface area (Å²) >= 11 is 0. The van der Waals surface area contributed by atoms with Gasteiger partial charge < -0.3 is 15.0 Å². The zero-order chi connectivity index (χ0) is 18.1. The first-order chi connectivity index (χ1) is 12.1. The zero-order valence-electron chi connectivity index (χ0n) is 15.2. The van der Waals surface area contributed by atoms with Crippen molar-refractivity contribution >= 4 is 11.8 Å². The van der Waals surface area contributed by atoms with Gasteiger partial charge in [-0.2, -0.15) is 0 Å². The average Bonchev–Trinajstić information content (AvgIpc) is 2.65. The summed E-state index contributed by atoms with van der Waals surface area (Å²) in [5, 5.41) is 2.70. The second-order valence-electron chi connectivity index (χ2n) is 6.21. The molecule has 1 saturated heterocycles. The molecule has 0 aliphatic carbocycles. The van der Waals surface area contributed by atoms with Crippen LogP contribution < -0.4 is 5.32 Å². The molecule has 0 aromatic heterocycles. The number of piperazine rings is 1. The number of nitrogens with zero attached hydrogens (tertiary/aromatic N) is 2. The lowest BCUT2D eigenvalue weighted by molar-refractivity contribution is -0.138. The SMILES string of the molecule is CCO[C@@H](CC)C(=O)NCC(=O)N1CCN(Cc2ccccc2)CC1. The molecule has 1 aliphatic heterocycles. The number of nitrogens with one attached hydrogen (secondary N) is 1. The van der Waals surface area contributed by atoms with Crippen LogP contribution in [0.25, 0.3) is 0 Å². The van der Waals surface area contributed by atoms with Gasteiger partial charge in [-0.05, 0) is 18.9 Å². The van der Waals surface area contributed by atoms with Gasteiger partial charge in [-0.1, -0.05) is 37.3 Å². The number of rotatable bonds is 8. The van der Waals surface area contributed by atoms with Crippen molar-refractivity contribution in [2.45, 2.75) is 32.9 Å². The number of benzene rings is 1. The Morgan fingerprint density at radius 1 is 1.12 bits per heavy atom. The van der Waals surface area contributed by atoms with Crippen molar-refractivity contribution in [1.82, 2.24) is 15.1 Å². The summed E-state index contributed by atoms with van der Waals surface area (Å²) in [7, 11) is 0. The standard InChI is InChI=1S/C19H29N3O3/c1-3-17(25-4-2)19(24)20-14-18(23)22-12-10-21(11-13-22)15-16-8-6-5-7-9-16/h5-9,17H,3-4,10-15H2,1-2H3,(H,20,24)/t17-/m0/s1. The summed E-state index contributed by atoms with van der Waals surface area (Å²) in [6, 6.07) is 10.3. The summed E-state index contributed by atoms with van der Waals surface area (Å²) in [5.74, 6) is -0.237. The first-order valence-electron chi connectivity index (χ1n) is 9.07. The van der Waals surface area contributed by atoms with Crippen molar-refractivity contribution in [2.24, 2.45) is 0 Å². The van der Waals surface area contributed by atoms with Crippen molar-refractivity contribution < 1.29 is 14.3 Å². The highest BCUT2D eigenvalue weighted by molar-refractivity contribution is 5.86. The van der Waals surface area contributed by atoms with E-state index in [0.29, 0.717) is 26.1 Å². The van der Waals surface area contributed by atoms with Crippen LogP contribution in [0.1, 0.15) is 25.8 Å². The maximum atomic E-state index is 12.3. The molecule has 1 N–H and O–H groups in total. The number of hydrogen-bond acceptors (Lipinski definition) is 4. The van der Waals surface area contributed by atoms with E-state index in [-0.39, 0.29) is 18.4 Å². The molecule has 2 rings (SSSR count). The minimum Gasteiger partial charge on any atom is -0.369 e. The molecule has 1 aromatic rings. The van der Waals surface area contributed by atoms with E-state index in [9.17, 15) is 9.59 Å². The van der Waals surface area contributed by atoms with Crippen LogP contribution in [0.4, 0.5) is 0 Å². The van der Waals surface area contributed by atoms with Crippen LogP contribution in [0.2, 0.25) is 0 Å². The fraction of sp³-hybridized carbons (Fsp3) is 0.579. The third-order valence-electron chi connectivity index (χ3n) is 4.42. The molecule has 0 unspecified atom stereocenters. The molecule has 1 aliphatic rings. The molecular formula is C19H29N3O3. The fourth-order valence-electron chi connectivity index (χ4n) is 2.97. The van der Waals surface area contributed by atoms with E-state index in [0.717, 1.165) is 19.6 Å². The highest BCUT2D eigenvalue weighted by Crippen LogP contribution is 2.08. The molecule has 0 bridgehead atoms. The summed E-state index contributed by atoms with van der Waals surface area (Å²) < 4.78 is 5.36. The maximum absolute atomic E-state index is 12.3. The lowest BCUT2D eigenvalue weighted by Crippen LogP contribution is -2.51. The summed E-state index contributed by atoms with van der Waals surface area (Å²) in [6.07, 6.45) is 0.131. The minimum absolute atomic E-state index is 0.0286. The highest BCUT2D eigenvalue weighted by Gasteiger charge is 2.22. The molecule has 138 valence electrons. The van der Waals surface area contributed by atoms with Crippen LogP contribution in [0.3, 0.4) is 0 Å². The molecule has 6 nitrogen and oxygen atoms in total. The van der Waals surface area contributed by atoms with Gasteiger partial charge in [-0.15, -0.1) is 0 Å². The molecule has 1 fully saturated rings. The Kier molecular flexibility index (Phi) is 7.88. The lowest BCUT2D eigenvalue weighted by atomic mass is 10.2. The van der Waals surface area contributed by atoms with Gasteiger partial charge in [-0.3, -0.25) is 14.5 Å². The van der Waals surface area contributed by atoms with Crippen molar-refractivity contribution in [3.8, 4) is 0 Å². The summed E-state index contributed by atoms with van der Waals surface area (Å²) in [4.78, 5) is 28.4. The van der Waals surface area contributed by atoms with Gasteiger partial charge in [0.2, 0.25) is 11.8 Å². The van der Waals surface area contributed by atoms with Gasteiger partial charge >= 0.3 is 0 Å². The lowest BCUT2D eigenvalue weighted by Gasteiger charge is -2.34. The van der Waals surface area contributed by atoms with E-state index in [1.807, 2.05) is 36.9 Å². The molecule has 6 heteroatoms. The van der Waals surface area contributed by atoms with Crippen LogP contribution in [-0.2, 0) is 20.9 Å². The molecule has 1 atom stereocenters. The largest absolute Gasteiger partial charge is 0.369 e. The Balaban J connectivity index is 1.71. The molecule has 25 heavy (non-hydrogen) atoms. The minimum atomic E-state index is -0.472. The van der Waals surface area contributed by atoms with Gasteiger partial charge in [0.1, 0.15) is 6.10 Å². The van der Waals surface area contributed by atoms with E-state index >= 15 is 0 Å². The first kappa shape index (κ1) is 19.4.